The van der Waals surface area contributed by atoms with Crippen LogP contribution in [0, 0.1) is 11.8 Å². The zero-order valence-corrected chi connectivity index (χ0v) is 17.8. The molecule has 1 unspecified atom stereocenters. The zero-order chi connectivity index (χ0) is 18.8. The van der Waals surface area contributed by atoms with Gasteiger partial charge in [0.2, 0.25) is 0 Å². The van der Waals surface area contributed by atoms with Crippen LogP contribution in [-0.2, 0) is 9.53 Å². The topological polar surface area (TPSA) is 26.3 Å². The lowest BCUT2D eigenvalue weighted by atomic mass is 10.00. The third-order valence-corrected chi connectivity index (χ3v) is 5.15. The van der Waals surface area contributed by atoms with Crippen LogP contribution in [0.5, 0.6) is 0 Å². The predicted octanol–water partition coefficient (Wildman–Crippen LogP) is 7.69. The summed E-state index contributed by atoms with van der Waals surface area (Å²) in [4.78, 5) is 12.0. The van der Waals surface area contributed by atoms with Gasteiger partial charge in [-0.25, -0.2) is 0 Å². The van der Waals surface area contributed by atoms with Crippen molar-refractivity contribution in [2.24, 2.45) is 11.8 Å². The Bertz CT molecular complexity index is 286. The van der Waals surface area contributed by atoms with Crippen molar-refractivity contribution in [3.63, 3.8) is 0 Å². The number of hydrogen-bond acceptors (Lipinski definition) is 2. The van der Waals surface area contributed by atoms with Gasteiger partial charge < -0.3 is 4.74 Å². The number of ether oxygens (including phenoxy) is 1. The third kappa shape index (κ3) is 16.7. The van der Waals surface area contributed by atoms with E-state index in [-0.39, 0.29) is 11.9 Å². The molecule has 0 aromatic heterocycles. The molecule has 0 amide bonds. The lowest BCUT2D eigenvalue weighted by molar-refractivity contribution is -0.149. The summed E-state index contributed by atoms with van der Waals surface area (Å²) in [5.74, 6) is 1.03. The molecule has 2 heteroatoms. The van der Waals surface area contributed by atoms with E-state index in [4.69, 9.17) is 4.74 Å². The SMILES string of the molecule is CCCCC(CC)C(=O)OCCCCCCCCCCCCC(C)C. The van der Waals surface area contributed by atoms with Gasteiger partial charge in [0, 0.05) is 0 Å². The van der Waals surface area contributed by atoms with Gasteiger partial charge in [-0.3, -0.25) is 4.79 Å². The summed E-state index contributed by atoms with van der Waals surface area (Å²) in [6, 6.07) is 0. The number of rotatable bonds is 18. The molecule has 0 aromatic carbocycles. The van der Waals surface area contributed by atoms with Crippen molar-refractivity contribution >= 4 is 5.97 Å². The lowest BCUT2D eigenvalue weighted by Gasteiger charge is -2.13. The smallest absolute Gasteiger partial charge is 0.308 e. The molecule has 0 fully saturated rings. The molecule has 0 N–H and O–H groups in total. The molecule has 0 saturated heterocycles. The van der Waals surface area contributed by atoms with Gasteiger partial charge in [0.1, 0.15) is 0 Å². The molecule has 0 radical (unpaired) electrons. The van der Waals surface area contributed by atoms with Gasteiger partial charge in [-0.1, -0.05) is 105 Å². The predicted molar refractivity (Wildman–Crippen MR) is 110 cm³/mol. The summed E-state index contributed by atoms with van der Waals surface area (Å²) in [6.07, 6.45) is 18.9. The molecule has 2 nitrogen and oxygen atoms in total. The third-order valence-electron chi connectivity index (χ3n) is 5.15. The monoisotopic (exact) mass is 354 g/mol. The second-order valence-electron chi connectivity index (χ2n) is 8.13. The molecule has 0 bridgehead atoms. The van der Waals surface area contributed by atoms with Gasteiger partial charge in [0.05, 0.1) is 12.5 Å². The molecule has 150 valence electrons. The molecule has 0 aliphatic rings. The van der Waals surface area contributed by atoms with E-state index in [1.165, 1.54) is 64.2 Å². The van der Waals surface area contributed by atoms with Gasteiger partial charge in [0.15, 0.2) is 0 Å². The largest absolute Gasteiger partial charge is 0.465 e. The van der Waals surface area contributed by atoms with Crippen LogP contribution < -0.4 is 0 Å². The summed E-state index contributed by atoms with van der Waals surface area (Å²) in [5, 5.41) is 0. The first kappa shape index (κ1) is 24.5. The quantitative estimate of drug-likeness (QED) is 0.186. The van der Waals surface area contributed by atoms with Crippen molar-refractivity contribution in [1.29, 1.82) is 0 Å². The Morgan fingerprint density at radius 2 is 1.24 bits per heavy atom. The molecule has 0 spiro atoms. The summed E-state index contributed by atoms with van der Waals surface area (Å²) in [6.45, 7) is 9.51. The van der Waals surface area contributed by atoms with E-state index < -0.39 is 0 Å². The maximum Gasteiger partial charge on any atom is 0.308 e. The Kier molecular flexibility index (Phi) is 17.9. The van der Waals surface area contributed by atoms with Crippen LogP contribution in [0.1, 0.15) is 124 Å². The molecule has 0 aliphatic heterocycles. The minimum Gasteiger partial charge on any atom is -0.465 e. The Morgan fingerprint density at radius 3 is 1.72 bits per heavy atom. The Hall–Kier alpha value is -0.530. The van der Waals surface area contributed by atoms with E-state index in [1.54, 1.807) is 0 Å². The van der Waals surface area contributed by atoms with Gasteiger partial charge in [-0.05, 0) is 25.2 Å². The van der Waals surface area contributed by atoms with Crippen LogP contribution in [0.3, 0.4) is 0 Å². The van der Waals surface area contributed by atoms with Crippen molar-refractivity contribution in [3.8, 4) is 0 Å². The first-order valence-electron chi connectivity index (χ1n) is 11.3. The number of carbonyl (C=O) groups excluding carboxylic acids is 1. The van der Waals surface area contributed by atoms with E-state index in [0.29, 0.717) is 6.61 Å². The first-order valence-corrected chi connectivity index (χ1v) is 11.3. The number of unbranched alkanes of at least 4 members (excludes halogenated alkanes) is 10. The van der Waals surface area contributed by atoms with Crippen molar-refractivity contribution in [3.05, 3.63) is 0 Å². The lowest BCUT2D eigenvalue weighted by Crippen LogP contribution is -2.17. The molecule has 0 rings (SSSR count). The van der Waals surface area contributed by atoms with Crippen LogP contribution in [0.4, 0.5) is 0 Å². The fourth-order valence-corrected chi connectivity index (χ4v) is 3.30. The van der Waals surface area contributed by atoms with E-state index in [0.717, 1.165) is 38.0 Å². The Morgan fingerprint density at radius 1 is 0.720 bits per heavy atom. The maximum atomic E-state index is 12.0. The Balaban J connectivity index is 3.31. The normalized spacial score (nSPS) is 12.5. The highest BCUT2D eigenvalue weighted by atomic mass is 16.5. The molecule has 0 aliphatic carbocycles. The molecule has 25 heavy (non-hydrogen) atoms. The summed E-state index contributed by atoms with van der Waals surface area (Å²) >= 11 is 0. The Labute approximate surface area is 158 Å². The minimum atomic E-state index is 0.0356. The second-order valence-corrected chi connectivity index (χ2v) is 8.13. The average molecular weight is 355 g/mol. The molecule has 0 heterocycles. The van der Waals surface area contributed by atoms with Crippen LogP contribution in [0.2, 0.25) is 0 Å². The van der Waals surface area contributed by atoms with Crippen LogP contribution in [0.25, 0.3) is 0 Å². The van der Waals surface area contributed by atoms with Crippen molar-refractivity contribution in [2.75, 3.05) is 6.61 Å². The molecule has 1 atom stereocenters. The maximum absolute atomic E-state index is 12.0. The second kappa shape index (κ2) is 18.3. The van der Waals surface area contributed by atoms with Crippen molar-refractivity contribution < 1.29 is 9.53 Å². The zero-order valence-electron chi connectivity index (χ0n) is 17.8. The number of esters is 1. The highest BCUT2D eigenvalue weighted by Crippen LogP contribution is 2.15. The molecular weight excluding hydrogens is 308 g/mol. The summed E-state index contributed by atoms with van der Waals surface area (Å²) in [5.41, 5.74) is 0. The molecule has 0 aromatic rings. The van der Waals surface area contributed by atoms with E-state index in [9.17, 15) is 4.79 Å². The number of carbonyl (C=O) groups is 1. The van der Waals surface area contributed by atoms with Crippen molar-refractivity contribution in [2.45, 2.75) is 124 Å². The van der Waals surface area contributed by atoms with Crippen LogP contribution >= 0.6 is 0 Å². The van der Waals surface area contributed by atoms with E-state index >= 15 is 0 Å². The molecule has 0 saturated carbocycles. The van der Waals surface area contributed by atoms with Gasteiger partial charge in [0.25, 0.3) is 0 Å². The van der Waals surface area contributed by atoms with Crippen LogP contribution in [0.15, 0.2) is 0 Å². The summed E-state index contributed by atoms with van der Waals surface area (Å²) < 4.78 is 5.45. The number of hydrogen-bond donors (Lipinski definition) is 0. The standard InChI is InChI=1S/C23H46O2/c1-5-7-19-22(6-2)23(24)25-20-17-15-13-11-9-8-10-12-14-16-18-21(3)4/h21-22H,5-20H2,1-4H3. The van der Waals surface area contributed by atoms with Crippen molar-refractivity contribution in [1.82, 2.24) is 0 Å². The van der Waals surface area contributed by atoms with E-state index in [2.05, 4.69) is 27.7 Å². The van der Waals surface area contributed by atoms with Crippen LogP contribution in [-0.4, -0.2) is 12.6 Å². The minimum absolute atomic E-state index is 0.0356. The average Bonchev–Trinajstić information content (AvgIpc) is 2.59. The highest BCUT2D eigenvalue weighted by Gasteiger charge is 2.16. The fourth-order valence-electron chi connectivity index (χ4n) is 3.30. The first-order chi connectivity index (χ1) is 12.1. The van der Waals surface area contributed by atoms with Gasteiger partial charge >= 0.3 is 5.97 Å². The molecular formula is C23H46O2. The van der Waals surface area contributed by atoms with Gasteiger partial charge in [-0.15, -0.1) is 0 Å². The van der Waals surface area contributed by atoms with Gasteiger partial charge in [-0.2, -0.15) is 0 Å². The van der Waals surface area contributed by atoms with E-state index in [1.807, 2.05) is 0 Å². The summed E-state index contributed by atoms with van der Waals surface area (Å²) in [7, 11) is 0. The fraction of sp³-hybridized carbons (Fsp3) is 0.957. The highest BCUT2D eigenvalue weighted by molar-refractivity contribution is 5.72.